The lowest BCUT2D eigenvalue weighted by molar-refractivity contribution is -0.146. The van der Waals surface area contributed by atoms with Crippen LogP contribution in [-0.2, 0) is 62.6 Å². The average Bonchev–Trinajstić information content (AvgIpc) is 3.79. The molecule has 3 aromatic rings. The summed E-state index contributed by atoms with van der Waals surface area (Å²) in [6.07, 6.45) is 3.78. The highest BCUT2D eigenvalue weighted by molar-refractivity contribution is 6.20. The van der Waals surface area contributed by atoms with E-state index in [1.54, 1.807) is 21.6 Å². The van der Waals surface area contributed by atoms with Crippen LogP contribution in [0.15, 0.2) is 103 Å². The summed E-state index contributed by atoms with van der Waals surface area (Å²) in [5.74, 6) is 0.138. The van der Waals surface area contributed by atoms with Crippen molar-refractivity contribution < 1.29 is 62.0 Å². The van der Waals surface area contributed by atoms with Crippen LogP contribution in [0.25, 0.3) is 5.53 Å². The van der Waals surface area contributed by atoms with Crippen LogP contribution in [0.5, 0.6) is 0 Å². The zero-order valence-electron chi connectivity index (χ0n) is 37.0. The second-order valence-electron chi connectivity index (χ2n) is 15.5. The summed E-state index contributed by atoms with van der Waals surface area (Å²) in [6, 6.07) is 28.9. The molecule has 2 aliphatic carbocycles. The highest BCUT2D eigenvalue weighted by Gasteiger charge is 2.62. The summed E-state index contributed by atoms with van der Waals surface area (Å²) in [5, 5.41) is 0. The monoisotopic (exact) mass is 895 g/mol. The Hall–Kier alpha value is -7.00. The third-order valence-electron chi connectivity index (χ3n) is 11.2. The molecule has 2 unspecified atom stereocenters. The van der Waals surface area contributed by atoms with E-state index in [-0.39, 0.29) is 78.9 Å². The summed E-state index contributed by atoms with van der Waals surface area (Å²) in [6.45, 7) is 11.0. The molecule has 0 radical (unpaired) electrons. The number of fused-ring (bicyclic) bond motifs is 2. The van der Waals surface area contributed by atoms with Gasteiger partial charge in [0.2, 0.25) is 0 Å². The lowest BCUT2D eigenvalue weighted by atomic mass is 10.2. The number of benzene rings is 3. The van der Waals surface area contributed by atoms with E-state index in [0.717, 1.165) is 16.7 Å². The van der Waals surface area contributed by atoms with Crippen molar-refractivity contribution in [3.63, 3.8) is 0 Å². The van der Waals surface area contributed by atoms with Gasteiger partial charge in [-0.25, -0.2) is 19.2 Å². The van der Waals surface area contributed by atoms with Gasteiger partial charge in [0.05, 0.1) is 31.7 Å². The van der Waals surface area contributed by atoms with E-state index < -0.39 is 5.97 Å². The fourth-order valence-electron chi connectivity index (χ4n) is 7.81. The number of hydrogen-bond donors (Lipinski definition) is 0. The molecule has 0 N–H and O–H groups in total. The molecule has 0 bridgehead atoms. The Balaban J connectivity index is 0.000000171. The predicted molar refractivity (Wildman–Crippen MR) is 234 cm³/mol. The van der Waals surface area contributed by atoms with Gasteiger partial charge >= 0.3 is 42.4 Å². The molecule has 17 nitrogen and oxygen atoms in total. The van der Waals surface area contributed by atoms with E-state index in [4.69, 9.17) is 29.2 Å². The van der Waals surface area contributed by atoms with Gasteiger partial charge in [-0.1, -0.05) is 103 Å². The van der Waals surface area contributed by atoms with Crippen LogP contribution in [0.1, 0.15) is 37.5 Å². The Morgan fingerprint density at radius 2 is 0.831 bits per heavy atom. The molecule has 3 aromatic carbocycles. The number of esters is 3. The Bertz CT molecular complexity index is 1990. The van der Waals surface area contributed by atoms with Gasteiger partial charge < -0.3 is 48.7 Å². The maximum atomic E-state index is 12.0. The first-order valence-corrected chi connectivity index (χ1v) is 21.8. The smallest absolute Gasteiger partial charge is 0.413 e. The van der Waals surface area contributed by atoms with Crippen molar-refractivity contribution in [1.29, 1.82) is 0 Å². The molecule has 3 aliphatic heterocycles. The number of ether oxygens (including phenoxy) is 6. The van der Waals surface area contributed by atoms with Gasteiger partial charge in [-0.2, -0.15) is 4.79 Å². The van der Waals surface area contributed by atoms with E-state index >= 15 is 0 Å². The van der Waals surface area contributed by atoms with Crippen molar-refractivity contribution >= 4 is 42.4 Å². The van der Waals surface area contributed by atoms with Crippen molar-refractivity contribution in [2.24, 2.45) is 35.5 Å². The van der Waals surface area contributed by atoms with Gasteiger partial charge in [0.15, 0.2) is 0 Å². The van der Waals surface area contributed by atoms with Crippen LogP contribution in [0.4, 0.5) is 14.4 Å². The Kier molecular flexibility index (Phi) is 19.1. The van der Waals surface area contributed by atoms with Crippen LogP contribution in [-0.4, -0.2) is 121 Å². The number of rotatable bonds is 12. The van der Waals surface area contributed by atoms with E-state index in [0.29, 0.717) is 71.9 Å². The van der Waals surface area contributed by atoms with Crippen LogP contribution in [0, 0.1) is 35.5 Å². The molecular weight excluding hydrogens is 839 g/mol. The molecule has 2 saturated carbocycles. The van der Waals surface area contributed by atoms with E-state index in [9.17, 15) is 28.8 Å². The summed E-state index contributed by atoms with van der Waals surface area (Å²) in [7, 11) is 0. The summed E-state index contributed by atoms with van der Waals surface area (Å²) in [5.41, 5.74) is 10.7. The number of likely N-dealkylation sites (tertiary alicyclic amines) is 2. The quantitative estimate of drug-likeness (QED) is 0.0500. The summed E-state index contributed by atoms with van der Waals surface area (Å²) < 4.78 is 30.1. The fourth-order valence-corrected chi connectivity index (χ4v) is 7.81. The van der Waals surface area contributed by atoms with Gasteiger partial charge in [0.1, 0.15) is 19.8 Å². The van der Waals surface area contributed by atoms with Crippen LogP contribution in [0.3, 0.4) is 0 Å². The highest BCUT2D eigenvalue weighted by atomic mass is 16.6. The van der Waals surface area contributed by atoms with Gasteiger partial charge in [0, 0.05) is 39.3 Å². The predicted octanol–water partition coefficient (Wildman–Crippen LogP) is 6.17. The molecule has 2 saturated heterocycles. The number of nitrogens with zero attached hydrogens (tertiary/aromatic N) is 5. The molecule has 4 fully saturated rings. The van der Waals surface area contributed by atoms with Gasteiger partial charge in [0.25, 0.3) is 0 Å². The average molecular weight is 896 g/mol. The topological polar surface area (TPSA) is 204 Å². The Morgan fingerprint density at radius 1 is 0.508 bits per heavy atom. The molecule has 65 heavy (non-hydrogen) atoms. The zero-order chi connectivity index (χ0) is 46.6. The molecular formula is C48H57N5O12. The summed E-state index contributed by atoms with van der Waals surface area (Å²) in [4.78, 5) is 76.3. The number of hydrogen-bond acceptors (Lipinski definition) is 12. The molecule has 3 heterocycles. The van der Waals surface area contributed by atoms with Gasteiger partial charge in [-0.05, 0) is 61.1 Å². The first kappa shape index (κ1) is 49.0. The Morgan fingerprint density at radius 3 is 1.14 bits per heavy atom. The first-order chi connectivity index (χ1) is 31.6. The number of amides is 3. The highest BCUT2D eigenvalue weighted by Crippen LogP contribution is 2.53. The standard InChI is InChI=1S/2C16H19NO4.C12H13NO2.C4H6N2O2/c2*1-2-20-15(18)14-12-8-17(9-13(12)14)16(19)21-10-11-6-4-3-5-7-11;14-12(13-8-4-5-9-13)15-10-11-6-2-1-3-7-11;1-2-8-4(7)3-6-5/h2*3-7,12-14H,2,8-10H2,1H3;1-7H,8-10H2;3H,2H2,1H3/t2*12-,13+,14?;;. The van der Waals surface area contributed by atoms with E-state index in [2.05, 4.69) is 9.53 Å². The van der Waals surface area contributed by atoms with E-state index in [1.807, 2.05) is 117 Å². The molecule has 8 rings (SSSR count). The third-order valence-corrected chi connectivity index (χ3v) is 11.2. The molecule has 17 heteroatoms. The van der Waals surface area contributed by atoms with Crippen molar-refractivity contribution in [1.82, 2.24) is 14.7 Å². The zero-order valence-corrected chi connectivity index (χ0v) is 37.0. The number of piperidine rings is 2. The third kappa shape index (κ3) is 15.1. The van der Waals surface area contributed by atoms with Crippen molar-refractivity contribution in [2.75, 3.05) is 59.1 Å². The number of carbonyl (C=O) groups is 6. The minimum atomic E-state index is -0.630. The Labute approximate surface area is 378 Å². The molecule has 6 atom stereocenters. The number of carbonyl (C=O) groups excluding carboxylic acids is 6. The maximum absolute atomic E-state index is 12.0. The minimum Gasteiger partial charge on any atom is -0.466 e. The summed E-state index contributed by atoms with van der Waals surface area (Å²) >= 11 is 0. The van der Waals surface area contributed by atoms with Crippen LogP contribution in [0.2, 0.25) is 0 Å². The van der Waals surface area contributed by atoms with Crippen molar-refractivity contribution in [3.8, 4) is 0 Å². The second-order valence-corrected chi connectivity index (χ2v) is 15.5. The lowest BCUT2D eigenvalue weighted by Gasteiger charge is -2.19. The molecule has 3 amide bonds. The molecule has 5 aliphatic rings. The second kappa shape index (κ2) is 25.3. The van der Waals surface area contributed by atoms with Crippen molar-refractivity contribution in [2.45, 2.75) is 40.6 Å². The molecule has 0 spiro atoms. The SMILES string of the molecule is CCOC(=O)C1[C@H]2CN(C(=O)OCc3ccccc3)C[C@@H]12.CCOC(=O)C1[C@H]2CN(C(=O)OCc3ccccc3)C[C@@H]12.CCOC(=O)C=[N+]=[N-].O=C(OCc1ccccc1)N1CC=CC1. The first-order valence-electron chi connectivity index (χ1n) is 21.8. The van der Waals surface area contributed by atoms with Crippen LogP contribution < -0.4 is 0 Å². The fraction of sp³-hybridized carbons (Fsp3) is 0.438. The van der Waals surface area contributed by atoms with Crippen LogP contribution >= 0.6 is 0 Å². The maximum Gasteiger partial charge on any atom is 0.413 e. The van der Waals surface area contributed by atoms with Gasteiger partial charge in [-0.3, -0.25) is 9.59 Å². The minimum absolute atomic E-state index is 0.0110. The molecule has 0 aromatic heterocycles. The molecule has 346 valence electrons. The lowest BCUT2D eigenvalue weighted by Crippen LogP contribution is -2.33. The van der Waals surface area contributed by atoms with E-state index in [1.165, 1.54) is 0 Å². The van der Waals surface area contributed by atoms with Crippen molar-refractivity contribution in [3.05, 3.63) is 125 Å². The largest absolute Gasteiger partial charge is 0.466 e. The normalized spacial score (nSPS) is 21.1. The van der Waals surface area contributed by atoms with Gasteiger partial charge in [-0.15, -0.1) is 0 Å².